The fourth-order valence-electron chi connectivity index (χ4n) is 2.17. The molecule has 0 unspecified atom stereocenters. The van der Waals surface area contributed by atoms with Crippen LogP contribution in [0.3, 0.4) is 0 Å². The molecule has 0 spiro atoms. The summed E-state index contributed by atoms with van der Waals surface area (Å²) in [4.78, 5) is 24.4. The van der Waals surface area contributed by atoms with Crippen LogP contribution in [0, 0.1) is 5.92 Å². The second kappa shape index (κ2) is 5.77. The minimum Gasteiger partial charge on any atom is -0.481 e. The average Bonchev–Trinajstić information content (AvgIpc) is 2.73. The first-order valence-electron chi connectivity index (χ1n) is 6.54. The molecule has 0 aromatic carbocycles. The summed E-state index contributed by atoms with van der Waals surface area (Å²) in [5, 5.41) is 19.0. The summed E-state index contributed by atoms with van der Waals surface area (Å²) in [5.41, 5.74) is -0.604. The molecule has 1 heterocycles. The molecule has 6 heteroatoms. The smallest absolute Gasteiger partial charge is 0.410 e. The molecular weight excluding hydrogens is 250 g/mol. The van der Waals surface area contributed by atoms with E-state index in [9.17, 15) is 14.7 Å². The van der Waals surface area contributed by atoms with Crippen molar-refractivity contribution in [3.63, 3.8) is 0 Å². The highest BCUT2D eigenvalue weighted by Crippen LogP contribution is 2.26. The van der Waals surface area contributed by atoms with Gasteiger partial charge in [0.25, 0.3) is 0 Å². The monoisotopic (exact) mass is 273 g/mol. The molecule has 1 amide bonds. The van der Waals surface area contributed by atoms with Crippen molar-refractivity contribution in [1.82, 2.24) is 4.90 Å². The Morgan fingerprint density at radius 3 is 2.42 bits per heavy atom. The van der Waals surface area contributed by atoms with E-state index in [1.54, 1.807) is 20.8 Å². The topological polar surface area (TPSA) is 87.1 Å². The number of aliphatic carboxylic acids is 1. The van der Waals surface area contributed by atoms with Gasteiger partial charge in [-0.3, -0.25) is 4.79 Å². The molecule has 3 atom stereocenters. The predicted molar refractivity (Wildman–Crippen MR) is 68.8 cm³/mol. The van der Waals surface area contributed by atoms with Crippen LogP contribution in [0.4, 0.5) is 4.79 Å². The molecule has 1 fully saturated rings. The first-order valence-corrected chi connectivity index (χ1v) is 6.54. The van der Waals surface area contributed by atoms with Gasteiger partial charge in [-0.1, -0.05) is 0 Å². The van der Waals surface area contributed by atoms with Crippen molar-refractivity contribution in [2.45, 2.75) is 58.3 Å². The number of likely N-dealkylation sites (tertiary alicyclic amines) is 1. The molecule has 2 N–H and O–H groups in total. The Kier molecular flexibility index (Phi) is 4.79. The molecule has 1 rings (SSSR count). The van der Waals surface area contributed by atoms with Crippen LogP contribution in [-0.2, 0) is 9.53 Å². The summed E-state index contributed by atoms with van der Waals surface area (Å²) in [7, 11) is 0. The lowest BCUT2D eigenvalue weighted by Gasteiger charge is -2.32. The Morgan fingerprint density at radius 2 is 1.95 bits per heavy atom. The van der Waals surface area contributed by atoms with E-state index in [1.165, 1.54) is 11.8 Å². The van der Waals surface area contributed by atoms with E-state index in [0.717, 1.165) is 6.42 Å². The summed E-state index contributed by atoms with van der Waals surface area (Å²) in [6.07, 6.45) is -0.232. The van der Waals surface area contributed by atoms with E-state index in [2.05, 4.69) is 0 Å². The van der Waals surface area contributed by atoms with Crippen molar-refractivity contribution in [2.75, 3.05) is 6.54 Å². The van der Waals surface area contributed by atoms with Gasteiger partial charge in [0, 0.05) is 6.54 Å². The number of rotatable bonds is 3. The number of carbonyl (C=O) groups excluding carboxylic acids is 1. The normalized spacial score (nSPS) is 23.0. The summed E-state index contributed by atoms with van der Waals surface area (Å²) in [6.45, 7) is 7.24. The maximum absolute atomic E-state index is 12.0. The van der Waals surface area contributed by atoms with Crippen molar-refractivity contribution in [3.8, 4) is 0 Å². The second-order valence-electron chi connectivity index (χ2n) is 6.00. The second-order valence-corrected chi connectivity index (χ2v) is 6.00. The predicted octanol–water partition coefficient (Wildman–Crippen LogP) is 1.47. The van der Waals surface area contributed by atoms with Crippen LogP contribution in [0.2, 0.25) is 0 Å². The van der Waals surface area contributed by atoms with Crippen molar-refractivity contribution in [2.24, 2.45) is 5.92 Å². The molecule has 0 radical (unpaired) electrons. The van der Waals surface area contributed by atoms with Gasteiger partial charge in [0.15, 0.2) is 0 Å². The highest BCUT2D eigenvalue weighted by molar-refractivity contribution is 5.71. The largest absolute Gasteiger partial charge is 0.481 e. The first kappa shape index (κ1) is 15.8. The van der Waals surface area contributed by atoms with Crippen LogP contribution in [0.25, 0.3) is 0 Å². The molecule has 1 aliphatic heterocycles. The number of ether oxygens (including phenoxy) is 1. The van der Waals surface area contributed by atoms with E-state index < -0.39 is 35.7 Å². The number of hydrogen-bond acceptors (Lipinski definition) is 4. The van der Waals surface area contributed by atoms with Gasteiger partial charge in [-0.25, -0.2) is 4.79 Å². The maximum Gasteiger partial charge on any atom is 0.410 e. The molecule has 19 heavy (non-hydrogen) atoms. The summed E-state index contributed by atoms with van der Waals surface area (Å²) in [6, 6.07) is -0.485. The molecule has 0 saturated carbocycles. The van der Waals surface area contributed by atoms with Crippen LogP contribution in [0.1, 0.15) is 40.5 Å². The third-order valence-electron chi connectivity index (χ3n) is 3.22. The number of hydrogen-bond donors (Lipinski definition) is 2. The van der Waals surface area contributed by atoms with E-state index >= 15 is 0 Å². The van der Waals surface area contributed by atoms with Gasteiger partial charge in [0.2, 0.25) is 0 Å². The van der Waals surface area contributed by atoms with Crippen LogP contribution in [-0.4, -0.2) is 51.5 Å². The molecule has 0 aliphatic carbocycles. The number of amides is 1. The standard InChI is InChI=1S/C13H23NO5/c1-8(11(16)17)10(15)9-6-5-7-14(9)12(18)19-13(2,3)4/h8-10,15H,5-7H2,1-4H3,(H,16,17)/t8-,9+,10-/m1/s1. The number of aliphatic hydroxyl groups is 1. The zero-order chi connectivity index (χ0) is 14.8. The van der Waals surface area contributed by atoms with Gasteiger partial charge in [-0.15, -0.1) is 0 Å². The lowest BCUT2D eigenvalue weighted by Crippen LogP contribution is -2.48. The minimum absolute atomic E-state index is 0.485. The van der Waals surface area contributed by atoms with Gasteiger partial charge < -0.3 is 19.8 Å². The Labute approximate surface area is 113 Å². The maximum atomic E-state index is 12.0. The Morgan fingerprint density at radius 1 is 1.37 bits per heavy atom. The van der Waals surface area contributed by atoms with Gasteiger partial charge >= 0.3 is 12.1 Å². The number of nitrogens with zero attached hydrogens (tertiary/aromatic N) is 1. The molecule has 0 aromatic heterocycles. The van der Waals surface area contributed by atoms with Crippen LogP contribution in [0.15, 0.2) is 0 Å². The van der Waals surface area contributed by atoms with Crippen LogP contribution < -0.4 is 0 Å². The Balaban J connectivity index is 2.73. The van der Waals surface area contributed by atoms with E-state index in [0.29, 0.717) is 13.0 Å². The van der Waals surface area contributed by atoms with E-state index in [1.807, 2.05) is 0 Å². The molecular formula is C13H23NO5. The van der Waals surface area contributed by atoms with Gasteiger partial charge in [-0.05, 0) is 40.5 Å². The third-order valence-corrected chi connectivity index (χ3v) is 3.22. The minimum atomic E-state index is -1.08. The van der Waals surface area contributed by atoms with E-state index in [4.69, 9.17) is 9.84 Å². The lowest BCUT2D eigenvalue weighted by atomic mass is 9.96. The third kappa shape index (κ3) is 4.09. The highest BCUT2D eigenvalue weighted by Gasteiger charge is 2.40. The average molecular weight is 273 g/mol. The van der Waals surface area contributed by atoms with E-state index in [-0.39, 0.29) is 0 Å². The number of aliphatic hydroxyl groups excluding tert-OH is 1. The van der Waals surface area contributed by atoms with Crippen molar-refractivity contribution < 1.29 is 24.5 Å². The molecule has 1 aliphatic rings. The zero-order valence-corrected chi connectivity index (χ0v) is 11.9. The van der Waals surface area contributed by atoms with Crippen molar-refractivity contribution in [1.29, 1.82) is 0 Å². The zero-order valence-electron chi connectivity index (χ0n) is 11.9. The SMILES string of the molecule is C[C@@H](C(=O)O)[C@@H](O)[C@@H]1CCCN1C(=O)OC(C)(C)C. The van der Waals surface area contributed by atoms with Gasteiger partial charge in [0.1, 0.15) is 5.60 Å². The number of carbonyl (C=O) groups is 2. The van der Waals surface area contributed by atoms with Crippen LogP contribution in [0.5, 0.6) is 0 Å². The Bertz CT molecular complexity index is 349. The van der Waals surface area contributed by atoms with Crippen LogP contribution >= 0.6 is 0 Å². The molecule has 110 valence electrons. The Hall–Kier alpha value is -1.30. The number of carboxylic acid groups (broad SMARTS) is 1. The summed E-state index contributed by atoms with van der Waals surface area (Å²) in [5.74, 6) is -1.98. The van der Waals surface area contributed by atoms with Gasteiger partial charge in [0.05, 0.1) is 18.1 Å². The molecule has 1 saturated heterocycles. The summed E-state index contributed by atoms with van der Waals surface area (Å²) < 4.78 is 5.27. The van der Waals surface area contributed by atoms with Crippen molar-refractivity contribution >= 4 is 12.1 Å². The molecule has 0 bridgehead atoms. The molecule has 0 aromatic rings. The summed E-state index contributed by atoms with van der Waals surface area (Å²) >= 11 is 0. The first-order chi connectivity index (χ1) is 8.63. The van der Waals surface area contributed by atoms with Gasteiger partial charge in [-0.2, -0.15) is 0 Å². The highest BCUT2D eigenvalue weighted by atomic mass is 16.6. The molecule has 6 nitrogen and oxygen atoms in total. The lowest BCUT2D eigenvalue weighted by molar-refractivity contribution is -0.146. The number of carboxylic acids is 1. The van der Waals surface area contributed by atoms with Crippen molar-refractivity contribution in [3.05, 3.63) is 0 Å². The quantitative estimate of drug-likeness (QED) is 0.813. The fourth-order valence-corrected chi connectivity index (χ4v) is 2.17. The fraction of sp³-hybridized carbons (Fsp3) is 0.846.